The van der Waals surface area contributed by atoms with Crippen LogP contribution in [0.3, 0.4) is 0 Å². The number of sulfone groups is 2. The topological polar surface area (TPSA) is 114 Å². The van der Waals surface area contributed by atoms with E-state index in [9.17, 15) is 22.4 Å². The normalized spacial score (nSPS) is 11.7. The van der Waals surface area contributed by atoms with Crippen LogP contribution in [-0.2, 0) is 19.7 Å². The number of ether oxygens (including phenoxy) is 1. The Morgan fingerprint density at radius 1 is 0.923 bits per heavy atom. The summed E-state index contributed by atoms with van der Waals surface area (Å²) in [6.07, 6.45) is 0. The molecule has 2 rings (SSSR count). The van der Waals surface area contributed by atoms with Gasteiger partial charge in [-0.3, -0.25) is 0 Å². The molecule has 0 fully saturated rings. The predicted octanol–water partition coefficient (Wildman–Crippen LogP) is 2.45. The van der Waals surface area contributed by atoms with Crippen molar-refractivity contribution in [3.8, 4) is 5.75 Å². The maximum atomic E-state index is 13.1. The molecule has 9 heteroatoms. The number of rotatable bonds is 3. The Morgan fingerprint density at radius 3 is 2.08 bits per heavy atom. The first-order chi connectivity index (χ1) is 12.1. The zero-order valence-electron chi connectivity index (χ0n) is 14.7. The quantitative estimate of drug-likeness (QED) is 0.343. The molecule has 138 valence electrons. The van der Waals surface area contributed by atoms with Crippen LogP contribution in [0, 0.1) is 20.8 Å². The minimum absolute atomic E-state index is 0.0541. The van der Waals surface area contributed by atoms with Gasteiger partial charge in [-0.25, -0.2) is 16.8 Å². The molecule has 0 N–H and O–H groups in total. The Morgan fingerprint density at radius 2 is 1.50 bits per heavy atom. The molecule has 0 aliphatic carbocycles. The zero-order valence-corrected chi connectivity index (χ0v) is 16.3. The van der Waals surface area contributed by atoms with Gasteiger partial charge in [-0.1, -0.05) is 24.3 Å². The van der Waals surface area contributed by atoms with E-state index in [2.05, 4.69) is 4.79 Å². The van der Waals surface area contributed by atoms with Gasteiger partial charge >= 0.3 is 4.38 Å². The molecule has 0 aliphatic rings. The van der Waals surface area contributed by atoms with Crippen LogP contribution in [0.2, 0.25) is 0 Å². The van der Waals surface area contributed by atoms with Crippen molar-refractivity contribution in [1.82, 2.24) is 0 Å². The second-order valence-electron chi connectivity index (χ2n) is 5.68. The number of aryl methyl sites for hydroxylation is 2. The van der Waals surface area contributed by atoms with E-state index >= 15 is 0 Å². The largest absolute Gasteiger partial charge is 0.504 e. The van der Waals surface area contributed by atoms with Gasteiger partial charge in [0.05, 0.1) is 12.0 Å². The molecule has 0 saturated heterocycles. The summed E-state index contributed by atoms with van der Waals surface area (Å²) in [6, 6.07) is 8.81. The Bertz CT molecular complexity index is 1130. The average Bonchev–Trinajstić information content (AvgIpc) is 2.58. The van der Waals surface area contributed by atoms with E-state index in [-0.39, 0.29) is 10.6 Å². The lowest BCUT2D eigenvalue weighted by molar-refractivity contribution is 0.00378. The van der Waals surface area contributed by atoms with Crippen molar-refractivity contribution in [1.29, 1.82) is 0 Å². The summed E-state index contributed by atoms with van der Waals surface area (Å²) >= 11 is 0. The maximum absolute atomic E-state index is 13.1. The molecular weight excluding hydrogens is 376 g/mol. The number of hydrogen-bond acceptors (Lipinski definition) is 5. The maximum Gasteiger partial charge on any atom is 0.504 e. The fourth-order valence-corrected chi connectivity index (χ4v) is 6.60. The van der Waals surface area contributed by atoms with Crippen molar-refractivity contribution in [2.24, 2.45) is 0 Å². The van der Waals surface area contributed by atoms with Crippen LogP contribution in [0.1, 0.15) is 16.7 Å². The zero-order chi connectivity index (χ0) is 19.7. The molecule has 0 unspecified atom stereocenters. The predicted molar refractivity (Wildman–Crippen MR) is 96.6 cm³/mol. The van der Waals surface area contributed by atoms with Gasteiger partial charge in [0, 0.05) is 0 Å². The van der Waals surface area contributed by atoms with E-state index < -0.39 is 28.9 Å². The molecule has 0 atom stereocenters. The first kappa shape index (κ1) is 19.8. The summed E-state index contributed by atoms with van der Waals surface area (Å²) in [5.74, 6) is -0.0541. The molecule has 0 radical (unpaired) electrons. The number of benzene rings is 2. The van der Waals surface area contributed by atoms with Crippen molar-refractivity contribution in [2.75, 3.05) is 7.11 Å². The van der Waals surface area contributed by atoms with Crippen molar-refractivity contribution in [2.45, 2.75) is 30.6 Å². The standard InChI is InChI=1S/C17H18N2O5S2/c1-11-9-10-12(2)16(13(11)3)26(22,23)17(19-18)25(20,21)15-8-6-5-7-14(15)24-4/h5-10H,1-4H3. The van der Waals surface area contributed by atoms with Gasteiger partial charge in [0.25, 0.3) is 19.7 Å². The van der Waals surface area contributed by atoms with E-state index in [0.717, 1.165) is 0 Å². The molecule has 0 amide bonds. The van der Waals surface area contributed by atoms with E-state index in [1.165, 1.54) is 31.4 Å². The van der Waals surface area contributed by atoms with Crippen LogP contribution in [0.25, 0.3) is 5.53 Å². The van der Waals surface area contributed by atoms with Gasteiger partial charge in [0.2, 0.25) is 0 Å². The van der Waals surface area contributed by atoms with Crippen LogP contribution < -0.4 is 4.74 Å². The molecule has 2 aromatic carbocycles. The van der Waals surface area contributed by atoms with E-state index in [0.29, 0.717) is 16.7 Å². The minimum atomic E-state index is -4.66. The fourth-order valence-electron chi connectivity index (χ4n) is 2.61. The highest BCUT2D eigenvalue weighted by molar-refractivity contribution is 8.31. The molecule has 0 saturated carbocycles. The highest BCUT2D eigenvalue weighted by Gasteiger charge is 2.46. The third kappa shape index (κ3) is 3.16. The third-order valence-corrected chi connectivity index (χ3v) is 8.52. The third-order valence-electron chi connectivity index (χ3n) is 4.04. The Kier molecular flexibility index (Phi) is 5.36. The summed E-state index contributed by atoms with van der Waals surface area (Å²) in [5, 5.41) is 0. The van der Waals surface area contributed by atoms with Crippen molar-refractivity contribution >= 4 is 24.1 Å². The summed E-state index contributed by atoms with van der Waals surface area (Å²) in [4.78, 5) is 2.06. The molecule has 26 heavy (non-hydrogen) atoms. The Hall–Kier alpha value is -2.48. The number of para-hydroxylation sites is 1. The van der Waals surface area contributed by atoms with Crippen molar-refractivity contribution in [3.63, 3.8) is 0 Å². The smallest absolute Gasteiger partial charge is 0.495 e. The molecule has 0 bridgehead atoms. The van der Waals surface area contributed by atoms with Crippen molar-refractivity contribution in [3.05, 3.63) is 58.6 Å². The summed E-state index contributed by atoms with van der Waals surface area (Å²) in [7, 11) is -8.01. The van der Waals surface area contributed by atoms with Gasteiger partial charge in [-0.05, 0) is 49.6 Å². The molecule has 7 nitrogen and oxygen atoms in total. The second-order valence-corrected chi connectivity index (χ2v) is 9.57. The van der Waals surface area contributed by atoms with Gasteiger partial charge in [0.1, 0.15) is 10.6 Å². The number of hydrogen-bond donors (Lipinski definition) is 0. The molecule has 0 spiro atoms. The van der Waals surface area contributed by atoms with Crippen LogP contribution in [-0.4, -0.2) is 33.1 Å². The average molecular weight is 394 g/mol. The van der Waals surface area contributed by atoms with Gasteiger partial charge in [-0.2, -0.15) is 0 Å². The van der Waals surface area contributed by atoms with Crippen LogP contribution in [0.5, 0.6) is 5.75 Å². The summed E-state index contributed by atoms with van der Waals surface area (Å²) in [5.41, 5.74) is 10.7. The SMILES string of the molecule is COc1ccccc1S(=O)(=O)C(=[N+]=[N-])S(=O)(=O)c1c(C)ccc(C)c1C. The molecule has 2 aromatic rings. The molecule has 0 aromatic heterocycles. The fraction of sp³-hybridized carbons (Fsp3) is 0.235. The minimum Gasteiger partial charge on any atom is -0.495 e. The van der Waals surface area contributed by atoms with E-state index in [4.69, 9.17) is 4.74 Å². The van der Waals surface area contributed by atoms with Gasteiger partial charge in [0.15, 0.2) is 0 Å². The summed E-state index contributed by atoms with van der Waals surface area (Å²) < 4.78 is 55.6. The van der Waals surface area contributed by atoms with E-state index in [1.54, 1.807) is 32.9 Å². The Labute approximate surface area is 152 Å². The first-order valence-electron chi connectivity index (χ1n) is 7.51. The summed E-state index contributed by atoms with van der Waals surface area (Å²) in [6.45, 7) is 4.82. The van der Waals surface area contributed by atoms with Crippen LogP contribution >= 0.6 is 0 Å². The highest BCUT2D eigenvalue weighted by Crippen LogP contribution is 2.30. The van der Waals surface area contributed by atoms with Crippen molar-refractivity contribution < 1.29 is 26.4 Å². The monoisotopic (exact) mass is 394 g/mol. The molecular formula is C17H18N2O5S2. The van der Waals surface area contributed by atoms with Crippen LogP contribution in [0.15, 0.2) is 46.2 Å². The molecule has 0 heterocycles. The lowest BCUT2D eigenvalue weighted by Gasteiger charge is -2.11. The lowest BCUT2D eigenvalue weighted by Crippen LogP contribution is -2.28. The number of nitrogens with zero attached hydrogens (tertiary/aromatic N) is 2. The highest BCUT2D eigenvalue weighted by atomic mass is 32.3. The lowest BCUT2D eigenvalue weighted by atomic mass is 10.1. The first-order valence-corrected chi connectivity index (χ1v) is 10.5. The van der Waals surface area contributed by atoms with Crippen LogP contribution in [0.4, 0.5) is 0 Å². The number of methoxy groups -OCH3 is 1. The van der Waals surface area contributed by atoms with Gasteiger partial charge in [-0.15, -0.1) is 4.79 Å². The second kappa shape index (κ2) is 7.03. The molecule has 0 aliphatic heterocycles. The van der Waals surface area contributed by atoms with E-state index in [1.807, 2.05) is 0 Å². The Balaban J connectivity index is 2.81. The van der Waals surface area contributed by atoms with Gasteiger partial charge < -0.3 is 10.3 Å².